The van der Waals surface area contributed by atoms with E-state index in [0.29, 0.717) is 17.0 Å². The van der Waals surface area contributed by atoms with Gasteiger partial charge in [0.25, 0.3) is 0 Å². The molecule has 2 rings (SSSR count). The molecule has 0 bridgehead atoms. The van der Waals surface area contributed by atoms with E-state index in [1.54, 1.807) is 24.3 Å². The van der Waals surface area contributed by atoms with E-state index in [9.17, 15) is 8.42 Å². The Labute approximate surface area is 124 Å². The van der Waals surface area contributed by atoms with Crippen molar-refractivity contribution in [1.29, 1.82) is 0 Å². The van der Waals surface area contributed by atoms with Crippen LogP contribution >= 0.6 is 0 Å². The molecule has 3 N–H and O–H groups in total. The van der Waals surface area contributed by atoms with Crippen LogP contribution in [-0.2, 0) is 15.8 Å². The van der Waals surface area contributed by atoms with Crippen molar-refractivity contribution in [3.05, 3.63) is 60.2 Å². The number of hydrogen-bond acceptors (Lipinski definition) is 4. The maximum atomic E-state index is 11.9. The Balaban J connectivity index is 1.79. The van der Waals surface area contributed by atoms with Gasteiger partial charge in [-0.3, -0.25) is 0 Å². The minimum absolute atomic E-state index is 0.0939. The summed E-state index contributed by atoms with van der Waals surface area (Å²) in [6, 6.07) is 16.1. The predicted molar refractivity (Wildman–Crippen MR) is 83.4 cm³/mol. The van der Waals surface area contributed by atoms with Gasteiger partial charge in [0, 0.05) is 12.2 Å². The van der Waals surface area contributed by atoms with Crippen molar-refractivity contribution in [2.24, 2.45) is 0 Å². The Kier molecular flexibility index (Phi) is 5.19. The van der Waals surface area contributed by atoms with Crippen LogP contribution in [0.3, 0.4) is 0 Å². The topological polar surface area (TPSA) is 81.4 Å². The third-order valence-electron chi connectivity index (χ3n) is 2.74. The summed E-state index contributed by atoms with van der Waals surface area (Å²) in [6.07, 6.45) is 0. The first-order valence-electron chi connectivity index (χ1n) is 6.55. The Morgan fingerprint density at radius 3 is 2.52 bits per heavy atom. The molecule has 0 aliphatic carbocycles. The van der Waals surface area contributed by atoms with Gasteiger partial charge < -0.3 is 10.5 Å². The Hall–Kier alpha value is -2.05. The summed E-state index contributed by atoms with van der Waals surface area (Å²) in [5.74, 6) is 0.621. The molecule has 0 heterocycles. The van der Waals surface area contributed by atoms with E-state index in [4.69, 9.17) is 10.5 Å². The molecule has 0 amide bonds. The monoisotopic (exact) mass is 306 g/mol. The van der Waals surface area contributed by atoms with Gasteiger partial charge in [0.1, 0.15) is 12.4 Å². The predicted octanol–water partition coefficient (Wildman–Crippen LogP) is 1.77. The van der Waals surface area contributed by atoms with Crippen molar-refractivity contribution in [2.45, 2.75) is 5.75 Å². The fourth-order valence-electron chi connectivity index (χ4n) is 1.84. The van der Waals surface area contributed by atoms with Gasteiger partial charge >= 0.3 is 0 Å². The van der Waals surface area contributed by atoms with E-state index >= 15 is 0 Å². The molecule has 21 heavy (non-hydrogen) atoms. The van der Waals surface area contributed by atoms with E-state index in [-0.39, 0.29) is 18.9 Å². The van der Waals surface area contributed by atoms with Gasteiger partial charge in [-0.05, 0) is 29.8 Å². The molecule has 5 nitrogen and oxygen atoms in total. The van der Waals surface area contributed by atoms with Crippen LogP contribution in [0.2, 0.25) is 0 Å². The van der Waals surface area contributed by atoms with Crippen LogP contribution in [0.1, 0.15) is 5.56 Å². The van der Waals surface area contributed by atoms with Crippen LogP contribution in [-0.4, -0.2) is 21.6 Å². The Morgan fingerprint density at radius 1 is 1.05 bits per heavy atom. The lowest BCUT2D eigenvalue weighted by Crippen LogP contribution is -2.29. The minimum atomic E-state index is -3.39. The van der Waals surface area contributed by atoms with Crippen LogP contribution in [0.5, 0.6) is 5.75 Å². The minimum Gasteiger partial charge on any atom is -0.492 e. The summed E-state index contributed by atoms with van der Waals surface area (Å²) in [7, 11) is -3.39. The molecular weight excluding hydrogens is 288 g/mol. The van der Waals surface area contributed by atoms with E-state index < -0.39 is 10.0 Å². The molecule has 0 aliphatic heterocycles. The summed E-state index contributed by atoms with van der Waals surface area (Å²) in [5.41, 5.74) is 6.84. The van der Waals surface area contributed by atoms with E-state index in [2.05, 4.69) is 4.72 Å². The highest BCUT2D eigenvalue weighted by Gasteiger charge is 2.11. The SMILES string of the molecule is Nc1cccc(CS(=O)(=O)NCCOc2ccccc2)c1. The molecule has 2 aromatic carbocycles. The summed E-state index contributed by atoms with van der Waals surface area (Å²) >= 11 is 0. The van der Waals surface area contributed by atoms with Gasteiger partial charge in [-0.2, -0.15) is 0 Å². The number of hydrogen-bond donors (Lipinski definition) is 2. The lowest BCUT2D eigenvalue weighted by molar-refractivity contribution is 0.323. The second kappa shape index (κ2) is 7.10. The quantitative estimate of drug-likeness (QED) is 0.603. The van der Waals surface area contributed by atoms with Gasteiger partial charge in [0.15, 0.2) is 0 Å². The lowest BCUT2D eigenvalue weighted by Gasteiger charge is -2.09. The number of rotatable bonds is 7. The van der Waals surface area contributed by atoms with Crippen LogP contribution < -0.4 is 15.2 Å². The fourth-order valence-corrected chi connectivity index (χ4v) is 2.95. The summed E-state index contributed by atoms with van der Waals surface area (Å²) in [4.78, 5) is 0. The number of para-hydroxylation sites is 1. The number of sulfonamides is 1. The van der Waals surface area contributed by atoms with Crippen molar-refractivity contribution < 1.29 is 13.2 Å². The highest BCUT2D eigenvalue weighted by Crippen LogP contribution is 2.10. The molecular formula is C15H18N2O3S. The number of nitrogens with two attached hydrogens (primary N) is 1. The third kappa shape index (κ3) is 5.45. The average Bonchev–Trinajstić information content (AvgIpc) is 2.44. The van der Waals surface area contributed by atoms with Crippen LogP contribution in [0, 0.1) is 0 Å². The largest absolute Gasteiger partial charge is 0.492 e. The Morgan fingerprint density at radius 2 is 1.81 bits per heavy atom. The normalized spacial score (nSPS) is 11.2. The standard InChI is InChI=1S/C15H18N2O3S/c16-14-6-4-5-13(11-14)12-21(18,19)17-9-10-20-15-7-2-1-3-8-15/h1-8,11,17H,9-10,12,16H2. The highest BCUT2D eigenvalue weighted by atomic mass is 32.2. The zero-order valence-electron chi connectivity index (χ0n) is 11.5. The van der Waals surface area contributed by atoms with Gasteiger partial charge in [0.2, 0.25) is 10.0 Å². The zero-order valence-corrected chi connectivity index (χ0v) is 12.3. The van der Waals surface area contributed by atoms with Crippen molar-refractivity contribution in [3.63, 3.8) is 0 Å². The lowest BCUT2D eigenvalue weighted by atomic mass is 10.2. The number of benzene rings is 2. The molecule has 0 aromatic heterocycles. The number of ether oxygens (including phenoxy) is 1. The highest BCUT2D eigenvalue weighted by molar-refractivity contribution is 7.88. The first-order valence-corrected chi connectivity index (χ1v) is 8.20. The molecule has 0 unspecified atom stereocenters. The number of nitrogens with one attached hydrogen (secondary N) is 1. The molecule has 0 fully saturated rings. The van der Waals surface area contributed by atoms with Crippen LogP contribution in [0.4, 0.5) is 5.69 Å². The number of anilines is 1. The molecule has 0 spiro atoms. The second-order valence-electron chi connectivity index (χ2n) is 4.56. The molecule has 0 saturated carbocycles. The van der Waals surface area contributed by atoms with Crippen LogP contribution in [0.15, 0.2) is 54.6 Å². The fraction of sp³-hybridized carbons (Fsp3) is 0.200. The summed E-state index contributed by atoms with van der Waals surface area (Å²) in [5, 5.41) is 0. The van der Waals surface area contributed by atoms with Crippen LogP contribution in [0.25, 0.3) is 0 Å². The molecule has 2 aromatic rings. The van der Waals surface area contributed by atoms with Gasteiger partial charge in [-0.25, -0.2) is 13.1 Å². The summed E-state index contributed by atoms with van der Waals surface area (Å²) in [6.45, 7) is 0.500. The van der Waals surface area contributed by atoms with Crippen molar-refractivity contribution in [2.75, 3.05) is 18.9 Å². The average molecular weight is 306 g/mol. The van der Waals surface area contributed by atoms with E-state index in [1.807, 2.05) is 30.3 Å². The molecule has 0 saturated heterocycles. The maximum Gasteiger partial charge on any atom is 0.215 e. The van der Waals surface area contributed by atoms with E-state index in [0.717, 1.165) is 0 Å². The van der Waals surface area contributed by atoms with Crippen molar-refractivity contribution in [3.8, 4) is 5.75 Å². The molecule has 0 radical (unpaired) electrons. The molecule has 112 valence electrons. The first-order chi connectivity index (χ1) is 10.1. The van der Waals surface area contributed by atoms with E-state index in [1.165, 1.54) is 0 Å². The molecule has 0 aliphatic rings. The van der Waals surface area contributed by atoms with Gasteiger partial charge in [0.05, 0.1) is 5.75 Å². The van der Waals surface area contributed by atoms with Gasteiger partial charge in [-0.15, -0.1) is 0 Å². The van der Waals surface area contributed by atoms with Crippen molar-refractivity contribution >= 4 is 15.7 Å². The maximum absolute atomic E-state index is 11.9. The van der Waals surface area contributed by atoms with Crippen molar-refractivity contribution in [1.82, 2.24) is 4.72 Å². The second-order valence-corrected chi connectivity index (χ2v) is 6.37. The smallest absolute Gasteiger partial charge is 0.215 e. The number of nitrogen functional groups attached to an aromatic ring is 1. The first kappa shape index (κ1) is 15.3. The van der Waals surface area contributed by atoms with Gasteiger partial charge in [-0.1, -0.05) is 30.3 Å². The molecule has 6 heteroatoms. The summed E-state index contributed by atoms with van der Waals surface area (Å²) < 4.78 is 31.8. The Bertz CT molecular complexity index is 672. The zero-order chi connectivity index (χ0) is 15.1. The third-order valence-corrected chi connectivity index (χ3v) is 4.10. The molecule has 0 atom stereocenters.